The molecule has 0 aliphatic carbocycles. The average molecular weight is 446 g/mol. The number of likely N-dealkylation sites (N-methyl/N-ethyl adjacent to an activating group) is 1. The van der Waals surface area contributed by atoms with Crippen LogP contribution in [0.1, 0.15) is 19.8 Å². The first kappa shape index (κ1) is 22.5. The first-order valence-corrected chi connectivity index (χ1v) is 11.0. The van der Waals surface area contributed by atoms with Gasteiger partial charge in [0.2, 0.25) is 0 Å². The van der Waals surface area contributed by atoms with Crippen molar-refractivity contribution in [2.75, 3.05) is 52.1 Å². The van der Waals surface area contributed by atoms with Gasteiger partial charge in [0.25, 0.3) is 0 Å². The van der Waals surface area contributed by atoms with E-state index in [1.807, 2.05) is 17.0 Å². The predicted molar refractivity (Wildman–Crippen MR) is 124 cm³/mol. The van der Waals surface area contributed by atoms with Crippen molar-refractivity contribution < 1.29 is 18.3 Å². The van der Waals surface area contributed by atoms with Crippen molar-refractivity contribution in [3.8, 4) is 11.5 Å². The van der Waals surface area contributed by atoms with Gasteiger partial charge in [-0.1, -0.05) is 6.92 Å². The third-order valence-corrected chi connectivity index (χ3v) is 6.61. The number of likely N-dealkylation sites (tertiary alicyclic amines) is 1. The monoisotopic (exact) mass is 445 g/mol. The molecule has 8 heteroatoms. The van der Waals surface area contributed by atoms with E-state index in [9.17, 15) is 8.78 Å². The highest BCUT2D eigenvalue weighted by Crippen LogP contribution is 2.34. The van der Waals surface area contributed by atoms with Crippen molar-refractivity contribution in [3.05, 3.63) is 48.0 Å². The topological polar surface area (TPSA) is 37.3 Å². The van der Waals surface area contributed by atoms with Gasteiger partial charge in [-0.05, 0) is 44.1 Å². The van der Waals surface area contributed by atoms with Gasteiger partial charge in [0, 0.05) is 18.2 Å². The largest absolute Gasteiger partial charge is 0.494 e. The molecule has 2 aliphatic heterocycles. The zero-order valence-corrected chi connectivity index (χ0v) is 18.9. The summed E-state index contributed by atoms with van der Waals surface area (Å²) in [5.74, 6) is -0.397. The molecular weight excluding hydrogens is 414 g/mol. The van der Waals surface area contributed by atoms with Crippen LogP contribution in [0.25, 0.3) is 0 Å². The summed E-state index contributed by atoms with van der Waals surface area (Å²) in [5, 5.41) is 0. The van der Waals surface area contributed by atoms with E-state index < -0.39 is 11.6 Å². The highest BCUT2D eigenvalue weighted by Gasteiger charge is 2.40. The molecule has 1 saturated heterocycles. The third kappa shape index (κ3) is 4.29. The van der Waals surface area contributed by atoms with Crippen LogP contribution in [0.4, 0.5) is 20.2 Å². The maximum Gasteiger partial charge on any atom is 0.180 e. The molecule has 0 spiro atoms. The molecule has 0 saturated carbocycles. The maximum atomic E-state index is 14.7. The normalized spacial score (nSPS) is 23.5. The highest BCUT2D eigenvalue weighted by atomic mass is 19.1. The Labute approximate surface area is 188 Å². The van der Waals surface area contributed by atoms with Gasteiger partial charge in [-0.2, -0.15) is 0 Å². The smallest absolute Gasteiger partial charge is 0.180 e. The van der Waals surface area contributed by atoms with Gasteiger partial charge in [0.05, 0.1) is 25.9 Å². The molecular formula is C24H31F2N4O2+. The molecule has 0 radical (unpaired) electrons. The Morgan fingerprint density at radius 1 is 1.06 bits per heavy atom. The van der Waals surface area contributed by atoms with Crippen LogP contribution >= 0.6 is 0 Å². The number of hydrogen-bond acceptors (Lipinski definition) is 5. The van der Waals surface area contributed by atoms with Crippen LogP contribution < -0.4 is 18.9 Å². The summed E-state index contributed by atoms with van der Waals surface area (Å²) in [4.78, 5) is 9.06. The quantitative estimate of drug-likeness (QED) is 0.598. The van der Waals surface area contributed by atoms with Gasteiger partial charge >= 0.3 is 0 Å². The summed E-state index contributed by atoms with van der Waals surface area (Å²) in [7, 11) is 2.91. The summed E-state index contributed by atoms with van der Waals surface area (Å²) < 4.78 is 39.8. The van der Waals surface area contributed by atoms with Crippen molar-refractivity contribution >= 4 is 17.7 Å². The summed E-state index contributed by atoms with van der Waals surface area (Å²) in [5.41, 5.74) is 1.52. The molecule has 1 fully saturated rings. The van der Waals surface area contributed by atoms with Crippen LogP contribution in [0.2, 0.25) is 0 Å². The predicted octanol–water partition coefficient (Wildman–Crippen LogP) is 4.24. The molecule has 0 amide bonds. The fourth-order valence-electron chi connectivity index (χ4n) is 4.90. The van der Waals surface area contributed by atoms with Crippen molar-refractivity contribution in [1.82, 2.24) is 9.38 Å². The molecule has 2 aromatic carbocycles. The lowest BCUT2D eigenvalue weighted by Crippen LogP contribution is -2.62. The van der Waals surface area contributed by atoms with Gasteiger partial charge in [-0.15, -0.1) is 0 Å². The van der Waals surface area contributed by atoms with Crippen LogP contribution in [0.15, 0.2) is 41.4 Å². The Kier molecular flexibility index (Phi) is 6.62. The van der Waals surface area contributed by atoms with E-state index in [0.717, 1.165) is 38.2 Å². The van der Waals surface area contributed by atoms with Crippen LogP contribution in [-0.2, 0) is 0 Å². The number of quaternary nitrogens is 1. The maximum absolute atomic E-state index is 14.7. The highest BCUT2D eigenvalue weighted by molar-refractivity contribution is 5.80. The third-order valence-electron chi connectivity index (χ3n) is 6.61. The zero-order valence-electron chi connectivity index (χ0n) is 18.9. The molecule has 172 valence electrons. The van der Waals surface area contributed by atoms with E-state index in [4.69, 9.17) is 9.47 Å². The molecule has 2 aliphatic rings. The van der Waals surface area contributed by atoms with Crippen molar-refractivity contribution in [2.24, 2.45) is 4.99 Å². The molecule has 2 unspecified atom stereocenters. The second-order valence-corrected chi connectivity index (χ2v) is 8.44. The molecule has 4 rings (SSSR count). The average Bonchev–Trinajstić information content (AvgIpc) is 3.26. The zero-order chi connectivity index (χ0) is 22.7. The number of methoxy groups -OCH3 is 2. The first-order chi connectivity index (χ1) is 15.5. The summed E-state index contributed by atoms with van der Waals surface area (Å²) >= 11 is 0. The van der Waals surface area contributed by atoms with Gasteiger partial charge in [0.1, 0.15) is 18.6 Å². The molecule has 0 bridgehead atoms. The Bertz CT molecular complexity index is 986. The van der Waals surface area contributed by atoms with Crippen molar-refractivity contribution in [2.45, 2.75) is 25.8 Å². The molecule has 2 atom stereocenters. The number of aliphatic imine (C=N–C) groups is 1. The molecule has 32 heavy (non-hydrogen) atoms. The molecule has 6 nitrogen and oxygen atoms in total. The number of benzene rings is 2. The molecule has 2 heterocycles. The minimum atomic E-state index is -0.425. The van der Waals surface area contributed by atoms with Crippen molar-refractivity contribution in [3.63, 3.8) is 0 Å². The Hall–Kier alpha value is -2.71. The summed E-state index contributed by atoms with van der Waals surface area (Å²) in [6, 6.07) is 10.4. The molecule has 2 aromatic rings. The number of rotatable bonds is 7. The van der Waals surface area contributed by atoms with Crippen molar-refractivity contribution in [1.29, 1.82) is 0 Å². The number of nitrogens with zero attached hydrogens (tertiary/aromatic N) is 4. The van der Waals surface area contributed by atoms with Gasteiger partial charge < -0.3 is 9.47 Å². The Balaban J connectivity index is 1.71. The fraction of sp³-hybridized carbons (Fsp3) is 0.458. The second kappa shape index (κ2) is 9.42. The second-order valence-electron chi connectivity index (χ2n) is 8.44. The van der Waals surface area contributed by atoms with Gasteiger partial charge in [-0.3, -0.25) is 14.3 Å². The molecule has 0 aromatic heterocycles. The lowest BCUT2D eigenvalue weighted by molar-refractivity contribution is 0.180. The van der Waals surface area contributed by atoms with E-state index in [1.54, 1.807) is 24.5 Å². The van der Waals surface area contributed by atoms with E-state index in [-0.39, 0.29) is 11.5 Å². The van der Waals surface area contributed by atoms with E-state index in [0.29, 0.717) is 29.5 Å². The number of ether oxygens (including phenoxy) is 2. The van der Waals surface area contributed by atoms with E-state index >= 15 is 0 Å². The number of halogens is 2. The standard InChI is InChI=1S/C24H31F2N4O2/c1-4-28-11-5-6-19(28)14-30(20-8-10-24(32-3)22(26)13-20)16-27-15-29(17-30)18-7-9-23(31-2)21(25)12-18/h7-10,12-13,15,19H,4-6,11,14,16-17H2,1-3H3/q+1. The van der Waals surface area contributed by atoms with Gasteiger partial charge in [0.15, 0.2) is 36.5 Å². The number of anilines is 1. The fourth-order valence-corrected chi connectivity index (χ4v) is 4.90. The van der Waals surface area contributed by atoms with Crippen LogP contribution in [0.5, 0.6) is 11.5 Å². The minimum absolute atomic E-state index is 0.199. The molecule has 0 N–H and O–H groups in total. The van der Waals surface area contributed by atoms with Crippen LogP contribution in [-0.4, -0.2) is 64.5 Å². The van der Waals surface area contributed by atoms with Gasteiger partial charge in [-0.25, -0.2) is 13.8 Å². The van der Waals surface area contributed by atoms with E-state index in [2.05, 4.69) is 16.8 Å². The minimum Gasteiger partial charge on any atom is -0.494 e. The lowest BCUT2D eigenvalue weighted by atomic mass is 10.1. The summed E-state index contributed by atoms with van der Waals surface area (Å²) in [6.07, 6.45) is 4.00. The summed E-state index contributed by atoms with van der Waals surface area (Å²) in [6.45, 7) is 6.06. The Morgan fingerprint density at radius 2 is 1.78 bits per heavy atom. The Morgan fingerprint density at radius 3 is 2.44 bits per heavy atom. The lowest BCUT2D eigenvalue weighted by Gasteiger charge is -2.44. The first-order valence-electron chi connectivity index (χ1n) is 11.0. The SMILES string of the molecule is CCN1CCCC1C[N+]1(c2ccc(OC)c(F)c2)CN=CN(c2ccc(OC)c(F)c2)C1. The number of hydrogen-bond donors (Lipinski definition) is 0. The van der Waals surface area contributed by atoms with E-state index in [1.165, 1.54) is 20.3 Å². The van der Waals surface area contributed by atoms with Crippen LogP contribution in [0, 0.1) is 11.6 Å². The van der Waals surface area contributed by atoms with Crippen LogP contribution in [0.3, 0.4) is 0 Å².